The molecule has 1 aromatic carbocycles. The van der Waals surface area contributed by atoms with Crippen LogP contribution in [0.2, 0.25) is 0 Å². The monoisotopic (exact) mass is 278 g/mol. The summed E-state index contributed by atoms with van der Waals surface area (Å²) in [6.07, 6.45) is 5.72. The minimum atomic E-state index is -0.226. The van der Waals surface area contributed by atoms with E-state index in [4.69, 9.17) is 15.3 Å². The predicted molar refractivity (Wildman–Crippen MR) is 80.5 cm³/mol. The van der Waals surface area contributed by atoms with Crippen LogP contribution in [0.3, 0.4) is 0 Å². The van der Waals surface area contributed by atoms with Gasteiger partial charge in [-0.25, -0.2) is 5.43 Å². The van der Waals surface area contributed by atoms with Crippen LogP contribution in [-0.4, -0.2) is 19.3 Å². The van der Waals surface area contributed by atoms with E-state index in [2.05, 4.69) is 11.5 Å². The minimum Gasteiger partial charge on any atom is -0.496 e. The number of hydrogen-bond acceptors (Lipinski definition) is 4. The maximum Gasteiger partial charge on any atom is 0.123 e. The summed E-state index contributed by atoms with van der Waals surface area (Å²) in [5, 5.41) is 0. The molecule has 0 heterocycles. The molecule has 2 rings (SSSR count). The normalized spacial score (nSPS) is 19.6. The molecule has 0 radical (unpaired) electrons. The summed E-state index contributed by atoms with van der Waals surface area (Å²) in [6.45, 7) is 2.75. The first-order valence-corrected chi connectivity index (χ1v) is 7.50. The van der Waals surface area contributed by atoms with Crippen LogP contribution in [0.4, 0.5) is 0 Å². The molecule has 0 amide bonds. The smallest absolute Gasteiger partial charge is 0.123 e. The molecule has 1 aliphatic rings. The predicted octanol–water partition coefficient (Wildman–Crippen LogP) is 2.94. The minimum absolute atomic E-state index is 0.0427. The summed E-state index contributed by atoms with van der Waals surface area (Å²) in [5.41, 5.74) is 3.83. The number of hydrogen-bond donors (Lipinski definition) is 2. The third-order valence-corrected chi connectivity index (χ3v) is 4.27. The summed E-state index contributed by atoms with van der Waals surface area (Å²) in [5.74, 6) is 6.75. The topological polar surface area (TPSA) is 56.5 Å². The van der Waals surface area contributed by atoms with E-state index in [1.54, 1.807) is 7.11 Å². The van der Waals surface area contributed by atoms with Gasteiger partial charge in [0.15, 0.2) is 0 Å². The number of ether oxygens (including phenoxy) is 2. The SMILES string of the molecule is CCOC1(C(NN)c2ccccc2OC)CCCCC1. The Morgan fingerprint density at radius 2 is 1.95 bits per heavy atom. The fraction of sp³-hybridized carbons (Fsp3) is 0.625. The van der Waals surface area contributed by atoms with Crippen molar-refractivity contribution in [2.45, 2.75) is 50.7 Å². The van der Waals surface area contributed by atoms with E-state index in [-0.39, 0.29) is 11.6 Å². The van der Waals surface area contributed by atoms with Gasteiger partial charge in [0.05, 0.1) is 18.8 Å². The second-order valence-electron chi connectivity index (χ2n) is 5.40. The number of methoxy groups -OCH3 is 1. The highest BCUT2D eigenvalue weighted by Crippen LogP contribution is 2.43. The summed E-state index contributed by atoms with van der Waals surface area (Å²) >= 11 is 0. The van der Waals surface area contributed by atoms with Crippen molar-refractivity contribution in [3.63, 3.8) is 0 Å². The van der Waals surface area contributed by atoms with Crippen LogP contribution in [0, 0.1) is 0 Å². The molecular weight excluding hydrogens is 252 g/mol. The zero-order valence-corrected chi connectivity index (χ0v) is 12.5. The van der Waals surface area contributed by atoms with E-state index in [0.29, 0.717) is 6.61 Å². The zero-order chi connectivity index (χ0) is 14.4. The summed E-state index contributed by atoms with van der Waals surface area (Å²) in [6, 6.07) is 7.99. The third-order valence-electron chi connectivity index (χ3n) is 4.27. The Balaban J connectivity index is 2.37. The Kier molecular flexibility index (Phi) is 5.40. The molecule has 1 saturated carbocycles. The summed E-state index contributed by atoms with van der Waals surface area (Å²) < 4.78 is 11.7. The molecule has 3 N–H and O–H groups in total. The van der Waals surface area contributed by atoms with Gasteiger partial charge in [-0.2, -0.15) is 0 Å². The number of benzene rings is 1. The zero-order valence-electron chi connectivity index (χ0n) is 12.5. The van der Waals surface area contributed by atoms with Crippen LogP contribution in [0.15, 0.2) is 24.3 Å². The first kappa shape index (κ1) is 15.3. The number of rotatable bonds is 6. The standard InChI is InChI=1S/C16H26N2O2/c1-3-20-16(11-7-4-8-12-16)15(18-17)13-9-5-6-10-14(13)19-2/h5-6,9-10,15,18H,3-4,7-8,11-12,17H2,1-2H3. The van der Waals surface area contributed by atoms with Crippen molar-refractivity contribution in [2.75, 3.05) is 13.7 Å². The van der Waals surface area contributed by atoms with Crippen molar-refractivity contribution in [3.05, 3.63) is 29.8 Å². The van der Waals surface area contributed by atoms with Gasteiger partial charge in [0.1, 0.15) is 5.75 Å². The highest BCUT2D eigenvalue weighted by Gasteiger charge is 2.42. The lowest BCUT2D eigenvalue weighted by molar-refractivity contribution is -0.0917. The first-order valence-electron chi connectivity index (χ1n) is 7.50. The highest BCUT2D eigenvalue weighted by atomic mass is 16.5. The quantitative estimate of drug-likeness (QED) is 0.620. The van der Waals surface area contributed by atoms with Crippen LogP contribution in [0.25, 0.3) is 0 Å². The molecule has 1 fully saturated rings. The van der Waals surface area contributed by atoms with Gasteiger partial charge < -0.3 is 9.47 Å². The van der Waals surface area contributed by atoms with E-state index in [1.807, 2.05) is 25.1 Å². The molecule has 4 heteroatoms. The van der Waals surface area contributed by atoms with Gasteiger partial charge in [-0.05, 0) is 25.8 Å². The largest absolute Gasteiger partial charge is 0.496 e. The number of nitrogens with two attached hydrogens (primary N) is 1. The lowest BCUT2D eigenvalue weighted by Crippen LogP contribution is -2.49. The molecule has 1 aromatic rings. The third kappa shape index (κ3) is 2.97. The van der Waals surface area contributed by atoms with Crippen molar-refractivity contribution in [1.29, 1.82) is 0 Å². The van der Waals surface area contributed by atoms with E-state index in [1.165, 1.54) is 19.3 Å². The molecular formula is C16H26N2O2. The van der Waals surface area contributed by atoms with Gasteiger partial charge in [0.25, 0.3) is 0 Å². The molecule has 0 spiro atoms. The van der Waals surface area contributed by atoms with Crippen molar-refractivity contribution in [3.8, 4) is 5.75 Å². The van der Waals surface area contributed by atoms with Gasteiger partial charge in [0.2, 0.25) is 0 Å². The molecule has 0 aromatic heterocycles. The Labute approximate surface area is 121 Å². The van der Waals surface area contributed by atoms with Crippen LogP contribution in [0.1, 0.15) is 50.6 Å². The maximum atomic E-state index is 6.18. The van der Waals surface area contributed by atoms with Crippen LogP contribution in [-0.2, 0) is 4.74 Å². The lowest BCUT2D eigenvalue weighted by Gasteiger charge is -2.43. The maximum absolute atomic E-state index is 6.18. The van der Waals surface area contributed by atoms with Crippen LogP contribution < -0.4 is 16.0 Å². The Morgan fingerprint density at radius 3 is 2.55 bits per heavy atom. The second kappa shape index (κ2) is 7.07. The lowest BCUT2D eigenvalue weighted by atomic mass is 9.76. The molecule has 20 heavy (non-hydrogen) atoms. The molecule has 1 unspecified atom stereocenters. The average molecular weight is 278 g/mol. The van der Waals surface area contributed by atoms with Crippen molar-refractivity contribution >= 4 is 0 Å². The van der Waals surface area contributed by atoms with Gasteiger partial charge in [-0.3, -0.25) is 5.84 Å². The van der Waals surface area contributed by atoms with Crippen LogP contribution >= 0.6 is 0 Å². The number of para-hydroxylation sites is 1. The van der Waals surface area contributed by atoms with E-state index in [9.17, 15) is 0 Å². The first-order chi connectivity index (χ1) is 9.77. The molecule has 1 aliphatic carbocycles. The molecule has 0 aliphatic heterocycles. The number of hydrazine groups is 1. The average Bonchev–Trinajstić information content (AvgIpc) is 2.49. The molecule has 0 bridgehead atoms. The van der Waals surface area contributed by atoms with E-state index >= 15 is 0 Å². The Morgan fingerprint density at radius 1 is 1.25 bits per heavy atom. The van der Waals surface area contributed by atoms with Gasteiger partial charge in [0, 0.05) is 12.2 Å². The highest BCUT2D eigenvalue weighted by molar-refractivity contribution is 5.37. The molecule has 0 saturated heterocycles. The van der Waals surface area contributed by atoms with E-state index in [0.717, 1.165) is 24.2 Å². The molecule has 112 valence electrons. The van der Waals surface area contributed by atoms with Crippen molar-refractivity contribution in [2.24, 2.45) is 5.84 Å². The molecule has 1 atom stereocenters. The summed E-state index contributed by atoms with van der Waals surface area (Å²) in [7, 11) is 1.70. The van der Waals surface area contributed by atoms with Crippen LogP contribution in [0.5, 0.6) is 5.75 Å². The summed E-state index contributed by atoms with van der Waals surface area (Å²) in [4.78, 5) is 0. The van der Waals surface area contributed by atoms with E-state index < -0.39 is 0 Å². The second-order valence-corrected chi connectivity index (χ2v) is 5.40. The fourth-order valence-corrected chi connectivity index (χ4v) is 3.38. The Hall–Kier alpha value is -1.10. The number of nitrogens with one attached hydrogen (secondary N) is 1. The van der Waals surface area contributed by atoms with Crippen molar-refractivity contribution in [1.82, 2.24) is 5.43 Å². The van der Waals surface area contributed by atoms with Crippen molar-refractivity contribution < 1.29 is 9.47 Å². The van der Waals surface area contributed by atoms with Gasteiger partial charge in [-0.15, -0.1) is 0 Å². The fourth-order valence-electron chi connectivity index (χ4n) is 3.38. The molecule has 4 nitrogen and oxygen atoms in total. The van der Waals surface area contributed by atoms with Gasteiger partial charge >= 0.3 is 0 Å². The Bertz CT molecular complexity index is 411. The van der Waals surface area contributed by atoms with Gasteiger partial charge in [-0.1, -0.05) is 37.5 Å².